The number of carbonyl (C=O) groups excluding carboxylic acids is 1. The lowest BCUT2D eigenvalue weighted by Crippen LogP contribution is -2.50. The van der Waals surface area contributed by atoms with Crippen molar-refractivity contribution in [3.63, 3.8) is 0 Å². The van der Waals surface area contributed by atoms with E-state index in [9.17, 15) is 31.1 Å². The molecule has 1 aromatic heterocycles. The Labute approximate surface area is 229 Å². The van der Waals surface area contributed by atoms with Gasteiger partial charge in [-0.1, -0.05) is 48.0 Å². The van der Waals surface area contributed by atoms with Crippen molar-refractivity contribution in [2.24, 2.45) is 0 Å². The topological polar surface area (TPSA) is 63.2 Å². The fourth-order valence-corrected chi connectivity index (χ4v) is 4.16. The third-order valence-electron chi connectivity index (χ3n) is 5.76. The molecule has 5 nitrogen and oxygen atoms in total. The first kappa shape index (κ1) is 28.8. The molecular formula is C28H20ClF6N3O2. The minimum absolute atomic E-state index is 0.0787. The van der Waals surface area contributed by atoms with Gasteiger partial charge in [-0.2, -0.15) is 17.6 Å². The molecule has 0 bridgehead atoms. The summed E-state index contributed by atoms with van der Waals surface area (Å²) in [5.74, 6) is -2.66. The van der Waals surface area contributed by atoms with Crippen molar-refractivity contribution >= 4 is 23.3 Å². The number of benzene rings is 3. The van der Waals surface area contributed by atoms with Gasteiger partial charge in [-0.25, -0.2) is 13.6 Å². The predicted octanol–water partition coefficient (Wildman–Crippen LogP) is 7.56. The zero-order valence-electron chi connectivity index (χ0n) is 20.4. The molecule has 0 radical (unpaired) electrons. The Balaban J connectivity index is 1.88. The van der Waals surface area contributed by atoms with Gasteiger partial charge in [0, 0.05) is 24.4 Å². The monoisotopic (exact) mass is 579 g/mol. The van der Waals surface area contributed by atoms with Crippen LogP contribution >= 0.6 is 11.6 Å². The third kappa shape index (κ3) is 6.84. The summed E-state index contributed by atoms with van der Waals surface area (Å²) in [7, 11) is 0. The molecule has 12 heteroatoms. The molecule has 4 rings (SSSR count). The number of hydrogen-bond acceptors (Lipinski definition) is 3. The predicted molar refractivity (Wildman–Crippen MR) is 137 cm³/mol. The van der Waals surface area contributed by atoms with Gasteiger partial charge in [0.1, 0.15) is 22.9 Å². The SMILES string of the molecule is O=C(Nc1cccc(F)c1)N[C@](Cc1ccccc1)(c1cc(F)cc(OC(F)(F)C(F)F)c1)c1ccc(Cl)cn1. The zero-order chi connectivity index (χ0) is 28.9. The Morgan fingerprint density at radius 1 is 0.925 bits per heavy atom. The van der Waals surface area contributed by atoms with E-state index in [0.29, 0.717) is 11.6 Å². The van der Waals surface area contributed by atoms with Crippen molar-refractivity contribution in [2.45, 2.75) is 24.5 Å². The number of halogens is 7. The van der Waals surface area contributed by atoms with Crippen LogP contribution < -0.4 is 15.4 Å². The van der Waals surface area contributed by atoms with E-state index in [4.69, 9.17) is 11.6 Å². The van der Waals surface area contributed by atoms with Gasteiger partial charge in [0.05, 0.1) is 10.7 Å². The fourth-order valence-electron chi connectivity index (χ4n) is 4.04. The quantitative estimate of drug-likeness (QED) is 0.201. The van der Waals surface area contributed by atoms with Crippen LogP contribution in [0.2, 0.25) is 5.02 Å². The second-order valence-corrected chi connectivity index (χ2v) is 9.10. The van der Waals surface area contributed by atoms with E-state index in [1.165, 1.54) is 36.5 Å². The summed E-state index contributed by atoms with van der Waals surface area (Å²) in [5, 5.41) is 5.40. The van der Waals surface area contributed by atoms with Crippen molar-refractivity contribution in [3.8, 4) is 5.75 Å². The number of anilines is 1. The molecule has 3 aromatic carbocycles. The van der Waals surface area contributed by atoms with Crippen molar-refractivity contribution in [1.29, 1.82) is 0 Å². The molecule has 40 heavy (non-hydrogen) atoms. The van der Waals surface area contributed by atoms with E-state index in [1.54, 1.807) is 30.3 Å². The first-order valence-electron chi connectivity index (χ1n) is 11.6. The number of carbonyl (C=O) groups is 1. The first-order valence-corrected chi connectivity index (χ1v) is 12.0. The Hall–Kier alpha value is -4.25. The lowest BCUT2D eigenvalue weighted by molar-refractivity contribution is -0.253. The van der Waals surface area contributed by atoms with Crippen LogP contribution in [0.5, 0.6) is 5.75 Å². The van der Waals surface area contributed by atoms with Crippen LogP contribution in [0.25, 0.3) is 0 Å². The van der Waals surface area contributed by atoms with Crippen molar-refractivity contribution in [1.82, 2.24) is 10.3 Å². The molecule has 0 aliphatic heterocycles. The van der Waals surface area contributed by atoms with E-state index in [0.717, 1.165) is 18.2 Å². The van der Waals surface area contributed by atoms with Crippen molar-refractivity contribution in [2.75, 3.05) is 5.32 Å². The highest BCUT2D eigenvalue weighted by molar-refractivity contribution is 6.30. The van der Waals surface area contributed by atoms with Gasteiger partial charge in [0.15, 0.2) is 0 Å². The molecule has 0 saturated carbocycles. The smallest absolute Gasteiger partial charge is 0.428 e. The van der Waals surface area contributed by atoms with Crippen LogP contribution in [0.15, 0.2) is 91.1 Å². The molecule has 0 unspecified atom stereocenters. The van der Waals surface area contributed by atoms with E-state index in [-0.39, 0.29) is 28.4 Å². The number of rotatable bonds is 9. The molecule has 208 valence electrons. The molecular weight excluding hydrogens is 560 g/mol. The number of amides is 2. The molecule has 1 heterocycles. The first-order chi connectivity index (χ1) is 19.0. The van der Waals surface area contributed by atoms with E-state index >= 15 is 0 Å². The van der Waals surface area contributed by atoms with Crippen LogP contribution in [-0.2, 0) is 12.0 Å². The second-order valence-electron chi connectivity index (χ2n) is 8.66. The molecule has 4 aromatic rings. The van der Waals surface area contributed by atoms with Gasteiger partial charge >= 0.3 is 18.6 Å². The number of pyridine rings is 1. The largest absolute Gasteiger partial charge is 0.461 e. The summed E-state index contributed by atoms with van der Waals surface area (Å²) in [6, 6.07) is 17.8. The summed E-state index contributed by atoms with van der Waals surface area (Å²) in [5.41, 5.74) is -1.21. The van der Waals surface area contributed by atoms with Gasteiger partial charge in [-0.05, 0) is 53.6 Å². The lowest BCUT2D eigenvalue weighted by Gasteiger charge is -2.36. The molecule has 0 fully saturated rings. The molecule has 0 aliphatic rings. The van der Waals surface area contributed by atoms with Crippen LogP contribution in [0, 0.1) is 11.6 Å². The molecule has 2 amide bonds. The minimum Gasteiger partial charge on any atom is -0.428 e. The van der Waals surface area contributed by atoms with Crippen LogP contribution in [0.4, 0.5) is 36.8 Å². The van der Waals surface area contributed by atoms with Gasteiger partial charge < -0.3 is 15.4 Å². The molecule has 1 atom stereocenters. The highest BCUT2D eigenvalue weighted by atomic mass is 35.5. The van der Waals surface area contributed by atoms with Crippen molar-refractivity contribution < 1.29 is 35.9 Å². The summed E-state index contributed by atoms with van der Waals surface area (Å²) in [6.45, 7) is 0. The van der Waals surface area contributed by atoms with Crippen molar-refractivity contribution in [3.05, 3.63) is 125 Å². The lowest BCUT2D eigenvalue weighted by atomic mass is 9.80. The van der Waals surface area contributed by atoms with Gasteiger partial charge in [0.2, 0.25) is 0 Å². The maximum absolute atomic E-state index is 14.9. The Morgan fingerprint density at radius 2 is 1.68 bits per heavy atom. The number of hydrogen-bond donors (Lipinski definition) is 2. The summed E-state index contributed by atoms with van der Waals surface area (Å²) < 4.78 is 86.0. The highest BCUT2D eigenvalue weighted by Gasteiger charge is 2.45. The molecule has 0 saturated heterocycles. The number of ether oxygens (including phenoxy) is 1. The Bertz CT molecular complexity index is 1470. The number of nitrogens with zero attached hydrogens (tertiary/aromatic N) is 1. The average molecular weight is 580 g/mol. The number of urea groups is 1. The number of aromatic nitrogens is 1. The standard InChI is InChI=1S/C28H20ClF6N3O2/c29-19-9-10-24(36-16-19)27(15-17-5-2-1-3-6-17,38-26(39)37-22-8-4-7-20(30)13-22)18-11-21(31)14-23(12-18)40-28(34,35)25(32)33/h1-14,16,25H,15H2,(H2,37,38,39)/t27-/m1/s1. The minimum atomic E-state index is -4.92. The normalized spacial score (nSPS) is 13.0. The summed E-state index contributed by atoms with van der Waals surface area (Å²) in [4.78, 5) is 17.6. The van der Waals surface area contributed by atoms with Gasteiger partial charge in [-0.15, -0.1) is 0 Å². The average Bonchev–Trinajstić information content (AvgIpc) is 2.88. The summed E-state index contributed by atoms with van der Waals surface area (Å²) in [6.07, 6.45) is -7.98. The maximum Gasteiger partial charge on any atom is 0.461 e. The van der Waals surface area contributed by atoms with Crippen LogP contribution in [0.1, 0.15) is 16.8 Å². The highest BCUT2D eigenvalue weighted by Crippen LogP contribution is 2.37. The van der Waals surface area contributed by atoms with Crippen LogP contribution in [0.3, 0.4) is 0 Å². The summed E-state index contributed by atoms with van der Waals surface area (Å²) >= 11 is 6.02. The maximum atomic E-state index is 14.9. The zero-order valence-corrected chi connectivity index (χ0v) is 21.1. The third-order valence-corrected chi connectivity index (χ3v) is 5.98. The van der Waals surface area contributed by atoms with E-state index in [1.807, 2.05) is 0 Å². The number of alkyl halides is 4. The van der Waals surface area contributed by atoms with Crippen LogP contribution in [-0.4, -0.2) is 23.5 Å². The molecule has 0 spiro atoms. The Kier molecular flexibility index (Phi) is 8.53. The van der Waals surface area contributed by atoms with Gasteiger partial charge in [-0.3, -0.25) is 4.98 Å². The number of nitrogens with one attached hydrogen (secondary N) is 2. The Morgan fingerprint density at radius 3 is 2.33 bits per heavy atom. The van der Waals surface area contributed by atoms with E-state index < -0.39 is 41.5 Å². The van der Waals surface area contributed by atoms with E-state index in [2.05, 4.69) is 20.4 Å². The molecule has 0 aliphatic carbocycles. The van der Waals surface area contributed by atoms with Gasteiger partial charge in [0.25, 0.3) is 0 Å². The fraction of sp³-hybridized carbons (Fsp3) is 0.143. The second kappa shape index (κ2) is 11.9. The molecule has 2 N–H and O–H groups in total.